The maximum absolute atomic E-state index is 13.4. The van der Waals surface area contributed by atoms with Gasteiger partial charge in [0.1, 0.15) is 5.82 Å². The molecular formula is C13H12FIN2O2S. The third-order valence-corrected chi connectivity index (χ3v) is 4.97. The number of halogens is 2. The van der Waals surface area contributed by atoms with Gasteiger partial charge >= 0.3 is 0 Å². The number of para-hydroxylation sites is 1. The van der Waals surface area contributed by atoms with E-state index in [1.54, 1.807) is 18.2 Å². The van der Waals surface area contributed by atoms with E-state index < -0.39 is 15.8 Å². The van der Waals surface area contributed by atoms with Gasteiger partial charge in [0.2, 0.25) is 0 Å². The second-order valence-electron chi connectivity index (χ2n) is 4.04. The van der Waals surface area contributed by atoms with Crippen LogP contribution in [0.1, 0.15) is 5.56 Å². The molecule has 7 heteroatoms. The summed E-state index contributed by atoms with van der Waals surface area (Å²) in [6, 6.07) is 10.5. The summed E-state index contributed by atoms with van der Waals surface area (Å²) in [6.07, 6.45) is 0. The molecule has 20 heavy (non-hydrogen) atoms. The van der Waals surface area contributed by atoms with E-state index in [0.29, 0.717) is 5.69 Å². The molecule has 2 aromatic rings. The second-order valence-corrected chi connectivity index (χ2v) is 6.89. The smallest absolute Gasteiger partial charge is 0.261 e. The summed E-state index contributed by atoms with van der Waals surface area (Å²) in [5.74, 6) is -0.513. The van der Waals surface area contributed by atoms with E-state index in [9.17, 15) is 12.8 Å². The van der Waals surface area contributed by atoms with Gasteiger partial charge in [-0.25, -0.2) is 12.8 Å². The van der Waals surface area contributed by atoms with E-state index in [1.807, 2.05) is 28.7 Å². The van der Waals surface area contributed by atoms with E-state index in [4.69, 9.17) is 5.73 Å². The molecule has 0 aliphatic rings. The highest BCUT2D eigenvalue weighted by molar-refractivity contribution is 14.1. The van der Waals surface area contributed by atoms with Crippen molar-refractivity contribution in [3.8, 4) is 0 Å². The number of anilines is 1. The van der Waals surface area contributed by atoms with Crippen molar-refractivity contribution in [1.29, 1.82) is 0 Å². The standard InChI is InChI=1S/C13H12FIN2O2S/c14-11-6-5-10(7-9(11)8-16)20(18,19)17-13-4-2-1-3-12(13)15/h1-7,17H,8,16H2. The van der Waals surface area contributed by atoms with Crippen LogP contribution in [0.2, 0.25) is 0 Å². The predicted molar refractivity (Wildman–Crippen MR) is 84.3 cm³/mol. The Morgan fingerprint density at radius 2 is 1.90 bits per heavy atom. The first-order valence-electron chi connectivity index (χ1n) is 5.70. The van der Waals surface area contributed by atoms with Crippen LogP contribution in [0.3, 0.4) is 0 Å². The molecule has 0 atom stereocenters. The highest BCUT2D eigenvalue weighted by Gasteiger charge is 2.17. The third-order valence-electron chi connectivity index (χ3n) is 2.67. The van der Waals surface area contributed by atoms with Gasteiger partial charge in [-0.15, -0.1) is 0 Å². The van der Waals surface area contributed by atoms with Gasteiger partial charge in [0.25, 0.3) is 10.0 Å². The molecule has 0 bridgehead atoms. The average molecular weight is 406 g/mol. The summed E-state index contributed by atoms with van der Waals surface area (Å²) in [5, 5.41) is 0. The zero-order valence-corrected chi connectivity index (χ0v) is 13.3. The first-order valence-corrected chi connectivity index (χ1v) is 8.26. The molecule has 0 aliphatic heterocycles. The molecule has 2 aromatic carbocycles. The minimum atomic E-state index is -3.76. The van der Waals surface area contributed by atoms with Crippen molar-refractivity contribution in [2.24, 2.45) is 5.73 Å². The lowest BCUT2D eigenvalue weighted by molar-refractivity contribution is 0.596. The predicted octanol–water partition coefficient (Wildman–Crippen LogP) is 2.69. The van der Waals surface area contributed by atoms with Gasteiger partial charge in [0.15, 0.2) is 0 Å². The maximum atomic E-state index is 13.4. The zero-order valence-electron chi connectivity index (χ0n) is 10.3. The van der Waals surface area contributed by atoms with Crippen LogP contribution in [0.15, 0.2) is 47.4 Å². The van der Waals surface area contributed by atoms with Crippen molar-refractivity contribution in [2.75, 3.05) is 4.72 Å². The molecule has 0 heterocycles. The largest absolute Gasteiger partial charge is 0.326 e. The van der Waals surface area contributed by atoms with E-state index in [2.05, 4.69) is 4.72 Å². The van der Waals surface area contributed by atoms with Crippen molar-refractivity contribution in [3.05, 3.63) is 57.4 Å². The minimum Gasteiger partial charge on any atom is -0.326 e. The highest BCUT2D eigenvalue weighted by Crippen LogP contribution is 2.22. The Balaban J connectivity index is 2.38. The molecule has 106 valence electrons. The molecular weight excluding hydrogens is 394 g/mol. The number of sulfonamides is 1. The molecule has 4 nitrogen and oxygen atoms in total. The van der Waals surface area contributed by atoms with Crippen LogP contribution in [-0.2, 0) is 16.6 Å². The van der Waals surface area contributed by atoms with Crippen LogP contribution < -0.4 is 10.5 Å². The normalized spacial score (nSPS) is 11.3. The fourth-order valence-corrected chi connectivity index (χ4v) is 3.46. The molecule has 0 saturated heterocycles. The van der Waals surface area contributed by atoms with E-state index >= 15 is 0 Å². The lowest BCUT2D eigenvalue weighted by atomic mass is 10.2. The summed E-state index contributed by atoms with van der Waals surface area (Å²) in [5.41, 5.74) is 6.02. The summed E-state index contributed by atoms with van der Waals surface area (Å²) < 4.78 is 41.1. The molecule has 0 saturated carbocycles. The molecule has 0 fully saturated rings. The lowest BCUT2D eigenvalue weighted by Crippen LogP contribution is -2.14. The summed E-state index contributed by atoms with van der Waals surface area (Å²) >= 11 is 2.03. The number of nitrogens with one attached hydrogen (secondary N) is 1. The Morgan fingerprint density at radius 3 is 2.55 bits per heavy atom. The van der Waals surface area contributed by atoms with Gasteiger partial charge in [-0.3, -0.25) is 4.72 Å². The number of nitrogens with two attached hydrogens (primary N) is 1. The Bertz CT molecular complexity index is 735. The molecule has 0 aromatic heterocycles. The lowest BCUT2D eigenvalue weighted by Gasteiger charge is -2.10. The molecule has 0 radical (unpaired) electrons. The van der Waals surface area contributed by atoms with Gasteiger partial charge in [-0.2, -0.15) is 0 Å². The van der Waals surface area contributed by atoms with E-state index in [-0.39, 0.29) is 17.0 Å². The Labute approximate surface area is 130 Å². The molecule has 3 N–H and O–H groups in total. The molecule has 0 amide bonds. The maximum Gasteiger partial charge on any atom is 0.261 e. The summed E-state index contributed by atoms with van der Waals surface area (Å²) in [7, 11) is -3.76. The van der Waals surface area contributed by atoms with Crippen molar-refractivity contribution in [3.63, 3.8) is 0 Å². The van der Waals surface area contributed by atoms with Gasteiger partial charge in [0, 0.05) is 15.7 Å². The topological polar surface area (TPSA) is 72.2 Å². The van der Waals surface area contributed by atoms with E-state index in [0.717, 1.165) is 9.64 Å². The van der Waals surface area contributed by atoms with Crippen molar-refractivity contribution in [2.45, 2.75) is 11.4 Å². The van der Waals surface area contributed by atoms with Crippen LogP contribution in [0.4, 0.5) is 10.1 Å². The second kappa shape index (κ2) is 6.06. The SMILES string of the molecule is NCc1cc(S(=O)(=O)Nc2ccccc2I)ccc1F. The number of hydrogen-bond acceptors (Lipinski definition) is 3. The first kappa shape index (κ1) is 15.2. The molecule has 0 aliphatic carbocycles. The van der Waals surface area contributed by atoms with Crippen molar-refractivity contribution in [1.82, 2.24) is 0 Å². The Kier molecular flexibility index (Phi) is 4.61. The fraction of sp³-hybridized carbons (Fsp3) is 0.0769. The van der Waals surface area contributed by atoms with Gasteiger partial charge in [-0.1, -0.05) is 12.1 Å². The van der Waals surface area contributed by atoms with Crippen LogP contribution in [0.5, 0.6) is 0 Å². The summed E-state index contributed by atoms with van der Waals surface area (Å²) in [6.45, 7) is -0.0575. The fourth-order valence-electron chi connectivity index (χ4n) is 1.62. The van der Waals surface area contributed by atoms with Crippen LogP contribution in [0, 0.1) is 9.39 Å². The summed E-state index contributed by atoms with van der Waals surface area (Å²) in [4.78, 5) is -0.0148. The van der Waals surface area contributed by atoms with Gasteiger partial charge < -0.3 is 5.73 Å². The average Bonchev–Trinajstić information content (AvgIpc) is 2.41. The van der Waals surface area contributed by atoms with Gasteiger partial charge in [-0.05, 0) is 52.9 Å². The minimum absolute atomic E-state index is 0.0148. The number of benzene rings is 2. The van der Waals surface area contributed by atoms with Crippen LogP contribution in [0.25, 0.3) is 0 Å². The Morgan fingerprint density at radius 1 is 1.20 bits per heavy atom. The number of rotatable bonds is 4. The van der Waals surface area contributed by atoms with Crippen LogP contribution in [-0.4, -0.2) is 8.42 Å². The quantitative estimate of drug-likeness (QED) is 0.768. The monoisotopic (exact) mass is 406 g/mol. The van der Waals surface area contributed by atoms with Crippen molar-refractivity contribution >= 4 is 38.3 Å². The van der Waals surface area contributed by atoms with Crippen LogP contribution >= 0.6 is 22.6 Å². The van der Waals surface area contributed by atoms with Gasteiger partial charge in [0.05, 0.1) is 10.6 Å². The molecule has 0 spiro atoms. The number of hydrogen-bond donors (Lipinski definition) is 2. The van der Waals surface area contributed by atoms with E-state index in [1.165, 1.54) is 12.1 Å². The zero-order chi connectivity index (χ0) is 14.8. The first-order chi connectivity index (χ1) is 9.44. The molecule has 2 rings (SSSR count). The Hall–Kier alpha value is -1.19. The third kappa shape index (κ3) is 3.28. The highest BCUT2D eigenvalue weighted by atomic mass is 127. The van der Waals surface area contributed by atoms with Crippen molar-refractivity contribution < 1.29 is 12.8 Å². The molecule has 0 unspecified atom stereocenters.